The van der Waals surface area contributed by atoms with Crippen LogP contribution in [0.2, 0.25) is 0 Å². The van der Waals surface area contributed by atoms with E-state index in [2.05, 4.69) is 13.0 Å². The van der Waals surface area contributed by atoms with Crippen LogP contribution in [-0.2, 0) is 4.79 Å². The lowest BCUT2D eigenvalue weighted by molar-refractivity contribution is -0.148. The molecule has 1 saturated carbocycles. The summed E-state index contributed by atoms with van der Waals surface area (Å²) in [6.45, 7) is 2.12. The van der Waals surface area contributed by atoms with E-state index in [0.717, 1.165) is 38.5 Å². The lowest BCUT2D eigenvalue weighted by Crippen LogP contribution is -2.36. The molecule has 0 unspecified atom stereocenters. The Kier molecular flexibility index (Phi) is 4.79. The molecule has 3 heteroatoms. The van der Waals surface area contributed by atoms with Crippen LogP contribution >= 0.6 is 0 Å². The summed E-state index contributed by atoms with van der Waals surface area (Å²) in [5.41, 5.74) is 0.284. The van der Waals surface area contributed by atoms with Gasteiger partial charge in [-0.15, -0.1) is 0 Å². The summed E-state index contributed by atoms with van der Waals surface area (Å²) in [6.07, 6.45) is 7.23. The second kappa shape index (κ2) is 6.56. The van der Waals surface area contributed by atoms with Crippen LogP contribution in [0, 0.1) is 16.7 Å². The smallest absolute Gasteiger partial charge is 0.317 e. The van der Waals surface area contributed by atoms with Crippen molar-refractivity contribution in [2.45, 2.75) is 51.9 Å². The number of benzene rings is 1. The summed E-state index contributed by atoms with van der Waals surface area (Å²) in [4.78, 5) is 12.5. The van der Waals surface area contributed by atoms with Crippen molar-refractivity contribution in [3.05, 3.63) is 29.8 Å². The van der Waals surface area contributed by atoms with Gasteiger partial charge in [0.25, 0.3) is 0 Å². The third kappa shape index (κ3) is 3.19. The van der Waals surface area contributed by atoms with Crippen molar-refractivity contribution in [2.24, 2.45) is 5.41 Å². The first-order valence-corrected chi connectivity index (χ1v) is 7.43. The van der Waals surface area contributed by atoms with Gasteiger partial charge in [0.05, 0.1) is 17.0 Å². The summed E-state index contributed by atoms with van der Waals surface area (Å²) in [5, 5.41) is 8.77. The summed E-state index contributed by atoms with van der Waals surface area (Å²) in [6, 6.07) is 8.80. The third-order valence-electron chi connectivity index (χ3n) is 4.17. The molecule has 0 spiro atoms. The van der Waals surface area contributed by atoms with E-state index in [1.807, 2.05) is 0 Å². The number of rotatable bonds is 4. The number of nitriles is 1. The van der Waals surface area contributed by atoms with E-state index < -0.39 is 0 Å². The number of carbonyl (C=O) groups excluding carboxylic acids is 1. The first-order valence-electron chi connectivity index (χ1n) is 7.43. The highest BCUT2D eigenvalue weighted by Gasteiger charge is 2.40. The standard InChI is InChI=1S/C17H21NO2/c1-2-10-17(11-4-3-5-12-17)16(19)20-15-8-6-14(13-18)7-9-15/h6-9H,2-5,10-12H2,1H3. The molecule has 106 valence electrons. The predicted octanol–water partition coefficient (Wildman–Crippen LogP) is 4.21. The first kappa shape index (κ1) is 14.6. The normalized spacial score (nSPS) is 17.2. The van der Waals surface area contributed by atoms with Gasteiger partial charge in [-0.2, -0.15) is 5.26 Å². The molecule has 0 radical (unpaired) electrons. The molecule has 0 bridgehead atoms. The lowest BCUT2D eigenvalue weighted by Gasteiger charge is -2.34. The zero-order valence-corrected chi connectivity index (χ0v) is 12.0. The second-order valence-corrected chi connectivity index (χ2v) is 5.62. The van der Waals surface area contributed by atoms with Gasteiger partial charge in [0, 0.05) is 0 Å². The molecule has 1 fully saturated rings. The molecule has 0 aromatic heterocycles. The van der Waals surface area contributed by atoms with Crippen molar-refractivity contribution >= 4 is 5.97 Å². The molecular weight excluding hydrogens is 250 g/mol. The SMILES string of the molecule is CCCC1(C(=O)Oc2ccc(C#N)cc2)CCCCC1. The van der Waals surface area contributed by atoms with Crippen molar-refractivity contribution < 1.29 is 9.53 Å². The van der Waals surface area contributed by atoms with Gasteiger partial charge < -0.3 is 4.74 Å². The largest absolute Gasteiger partial charge is 0.426 e. The summed E-state index contributed by atoms with van der Waals surface area (Å²) in [5.74, 6) is 0.443. The molecule has 20 heavy (non-hydrogen) atoms. The fourth-order valence-electron chi connectivity index (χ4n) is 3.08. The maximum atomic E-state index is 12.5. The van der Waals surface area contributed by atoms with E-state index in [9.17, 15) is 4.79 Å². The number of nitrogens with zero attached hydrogens (tertiary/aromatic N) is 1. The van der Waals surface area contributed by atoms with E-state index in [4.69, 9.17) is 10.00 Å². The van der Waals surface area contributed by atoms with E-state index in [0.29, 0.717) is 11.3 Å². The van der Waals surface area contributed by atoms with Crippen molar-refractivity contribution in [2.75, 3.05) is 0 Å². The molecule has 1 aromatic rings. The molecule has 0 amide bonds. The van der Waals surface area contributed by atoms with Gasteiger partial charge in [0.2, 0.25) is 0 Å². The molecular formula is C17H21NO2. The number of hydrogen-bond acceptors (Lipinski definition) is 3. The summed E-state index contributed by atoms with van der Waals surface area (Å²) in [7, 11) is 0. The fourth-order valence-corrected chi connectivity index (χ4v) is 3.08. The Balaban J connectivity index is 2.09. The molecule has 3 nitrogen and oxygen atoms in total. The minimum Gasteiger partial charge on any atom is -0.426 e. The average molecular weight is 271 g/mol. The molecule has 1 aliphatic rings. The Morgan fingerprint density at radius 2 is 1.90 bits per heavy atom. The van der Waals surface area contributed by atoms with Crippen molar-refractivity contribution in [1.82, 2.24) is 0 Å². The van der Waals surface area contributed by atoms with Gasteiger partial charge in [-0.1, -0.05) is 32.6 Å². The molecule has 0 saturated heterocycles. The average Bonchev–Trinajstić information content (AvgIpc) is 2.49. The molecule has 0 N–H and O–H groups in total. The van der Waals surface area contributed by atoms with Crippen LogP contribution in [0.3, 0.4) is 0 Å². The lowest BCUT2D eigenvalue weighted by atomic mass is 9.71. The van der Waals surface area contributed by atoms with Gasteiger partial charge in [-0.3, -0.25) is 4.79 Å². The molecule has 1 aliphatic carbocycles. The minimum absolute atomic E-state index is 0.0937. The molecule has 0 aliphatic heterocycles. The number of ether oxygens (including phenoxy) is 1. The minimum atomic E-state index is -0.291. The van der Waals surface area contributed by atoms with Crippen LogP contribution in [0.5, 0.6) is 5.75 Å². The van der Waals surface area contributed by atoms with E-state index >= 15 is 0 Å². The Hall–Kier alpha value is -1.82. The quantitative estimate of drug-likeness (QED) is 0.608. The second-order valence-electron chi connectivity index (χ2n) is 5.62. The number of hydrogen-bond donors (Lipinski definition) is 0. The zero-order chi connectivity index (χ0) is 14.4. The van der Waals surface area contributed by atoms with Gasteiger partial charge in [0.1, 0.15) is 5.75 Å². The maximum Gasteiger partial charge on any atom is 0.317 e. The van der Waals surface area contributed by atoms with Gasteiger partial charge in [-0.05, 0) is 43.5 Å². The predicted molar refractivity (Wildman–Crippen MR) is 77.2 cm³/mol. The van der Waals surface area contributed by atoms with Crippen molar-refractivity contribution in [1.29, 1.82) is 5.26 Å². The molecule has 0 atom stereocenters. The van der Waals surface area contributed by atoms with E-state index in [1.54, 1.807) is 24.3 Å². The zero-order valence-electron chi connectivity index (χ0n) is 12.0. The summed E-state index contributed by atoms with van der Waals surface area (Å²) < 4.78 is 5.56. The monoisotopic (exact) mass is 271 g/mol. The Bertz CT molecular complexity index is 487. The van der Waals surface area contributed by atoms with Gasteiger partial charge in [0.15, 0.2) is 0 Å². The highest BCUT2D eigenvalue weighted by Crippen LogP contribution is 2.41. The van der Waals surface area contributed by atoms with Gasteiger partial charge >= 0.3 is 5.97 Å². The Morgan fingerprint density at radius 3 is 2.45 bits per heavy atom. The third-order valence-corrected chi connectivity index (χ3v) is 4.17. The van der Waals surface area contributed by atoms with Crippen LogP contribution in [0.25, 0.3) is 0 Å². The van der Waals surface area contributed by atoms with Crippen LogP contribution in [0.15, 0.2) is 24.3 Å². The van der Waals surface area contributed by atoms with Crippen LogP contribution < -0.4 is 4.74 Å². The van der Waals surface area contributed by atoms with Crippen LogP contribution in [-0.4, -0.2) is 5.97 Å². The topological polar surface area (TPSA) is 50.1 Å². The number of carbonyl (C=O) groups is 1. The van der Waals surface area contributed by atoms with E-state index in [-0.39, 0.29) is 11.4 Å². The van der Waals surface area contributed by atoms with E-state index in [1.165, 1.54) is 6.42 Å². The molecule has 2 rings (SSSR count). The number of esters is 1. The fraction of sp³-hybridized carbons (Fsp3) is 0.529. The van der Waals surface area contributed by atoms with Crippen molar-refractivity contribution in [3.63, 3.8) is 0 Å². The van der Waals surface area contributed by atoms with Crippen molar-refractivity contribution in [3.8, 4) is 11.8 Å². The van der Waals surface area contributed by atoms with Gasteiger partial charge in [-0.25, -0.2) is 0 Å². The summed E-state index contributed by atoms with van der Waals surface area (Å²) >= 11 is 0. The Morgan fingerprint density at radius 1 is 1.25 bits per heavy atom. The molecule has 1 aromatic carbocycles. The maximum absolute atomic E-state index is 12.5. The molecule has 0 heterocycles. The van der Waals surface area contributed by atoms with Crippen LogP contribution in [0.1, 0.15) is 57.4 Å². The highest BCUT2D eigenvalue weighted by molar-refractivity contribution is 5.79. The highest BCUT2D eigenvalue weighted by atomic mass is 16.5. The Labute approximate surface area is 120 Å². The van der Waals surface area contributed by atoms with Crippen LogP contribution in [0.4, 0.5) is 0 Å². The first-order chi connectivity index (χ1) is 9.70.